The van der Waals surface area contributed by atoms with Crippen molar-refractivity contribution < 1.29 is 4.74 Å². The van der Waals surface area contributed by atoms with Gasteiger partial charge in [0.25, 0.3) is 0 Å². The van der Waals surface area contributed by atoms with Crippen molar-refractivity contribution in [2.24, 2.45) is 0 Å². The van der Waals surface area contributed by atoms with Gasteiger partial charge >= 0.3 is 0 Å². The molecule has 1 atom stereocenters. The lowest BCUT2D eigenvalue weighted by Crippen LogP contribution is -2.21. The van der Waals surface area contributed by atoms with E-state index in [0.29, 0.717) is 11.8 Å². The number of benzene rings is 1. The van der Waals surface area contributed by atoms with Crippen molar-refractivity contribution in [3.63, 3.8) is 0 Å². The zero-order chi connectivity index (χ0) is 14.4. The Morgan fingerprint density at radius 2 is 2.14 bits per heavy atom. The Kier molecular flexibility index (Phi) is 3.08. The molecule has 106 valence electrons. The average Bonchev–Trinajstić information content (AvgIpc) is 2.88. The lowest BCUT2D eigenvalue weighted by Gasteiger charge is -2.24. The topological polar surface area (TPSA) is 35.0 Å². The van der Waals surface area contributed by atoms with Gasteiger partial charge in [-0.15, -0.1) is 11.3 Å². The van der Waals surface area contributed by atoms with E-state index in [4.69, 9.17) is 21.3 Å². The molecular formula is C16H13ClN2OS. The van der Waals surface area contributed by atoms with Gasteiger partial charge in [0.2, 0.25) is 0 Å². The van der Waals surface area contributed by atoms with Gasteiger partial charge in [-0.25, -0.2) is 9.97 Å². The molecule has 1 aliphatic heterocycles. The van der Waals surface area contributed by atoms with Crippen molar-refractivity contribution >= 4 is 33.2 Å². The van der Waals surface area contributed by atoms with Gasteiger partial charge in [0.15, 0.2) is 0 Å². The number of rotatable bonds is 1. The molecule has 0 amide bonds. The number of para-hydroxylation sites is 1. The van der Waals surface area contributed by atoms with E-state index < -0.39 is 0 Å². The van der Waals surface area contributed by atoms with Crippen LogP contribution in [0.2, 0.25) is 5.15 Å². The molecule has 3 nitrogen and oxygen atoms in total. The van der Waals surface area contributed by atoms with E-state index in [2.05, 4.69) is 18.0 Å². The summed E-state index contributed by atoms with van der Waals surface area (Å²) in [5.74, 6) is 1.90. The number of hydrogen-bond donors (Lipinski definition) is 0. The van der Waals surface area contributed by atoms with E-state index in [-0.39, 0.29) is 5.92 Å². The van der Waals surface area contributed by atoms with Crippen LogP contribution in [0, 0.1) is 6.92 Å². The third-order valence-corrected chi connectivity index (χ3v) is 4.96. The fourth-order valence-electron chi connectivity index (χ4n) is 2.70. The number of ether oxygens (including phenoxy) is 1. The summed E-state index contributed by atoms with van der Waals surface area (Å²) in [5.41, 5.74) is 1.20. The summed E-state index contributed by atoms with van der Waals surface area (Å²) in [4.78, 5) is 11.3. The minimum Gasteiger partial charge on any atom is -0.493 e. The van der Waals surface area contributed by atoms with Crippen LogP contribution in [0.5, 0.6) is 5.75 Å². The zero-order valence-electron chi connectivity index (χ0n) is 11.5. The first-order valence-corrected chi connectivity index (χ1v) is 8.04. The van der Waals surface area contributed by atoms with Crippen LogP contribution < -0.4 is 4.74 Å². The maximum Gasteiger partial charge on any atom is 0.141 e. The molecular weight excluding hydrogens is 304 g/mol. The van der Waals surface area contributed by atoms with Crippen LogP contribution in [-0.4, -0.2) is 16.6 Å². The lowest BCUT2D eigenvalue weighted by atomic mass is 9.96. The molecule has 5 heteroatoms. The molecule has 0 aliphatic carbocycles. The molecule has 0 radical (unpaired) electrons. The summed E-state index contributed by atoms with van der Waals surface area (Å²) in [7, 11) is 0. The fraction of sp³-hybridized carbons (Fsp3) is 0.250. The Labute approximate surface area is 131 Å². The number of nitrogens with zero attached hydrogens (tertiary/aromatic N) is 2. The molecule has 0 saturated carbocycles. The molecule has 0 N–H and O–H groups in total. The number of fused-ring (bicyclic) bond motifs is 2. The summed E-state index contributed by atoms with van der Waals surface area (Å²) in [6.45, 7) is 2.66. The predicted molar refractivity (Wildman–Crippen MR) is 85.5 cm³/mol. The van der Waals surface area contributed by atoms with Crippen molar-refractivity contribution in [2.75, 3.05) is 6.61 Å². The first kappa shape index (κ1) is 13.0. The van der Waals surface area contributed by atoms with Gasteiger partial charge in [0.05, 0.1) is 12.5 Å². The minimum absolute atomic E-state index is 0.157. The summed E-state index contributed by atoms with van der Waals surface area (Å²) >= 11 is 7.96. The van der Waals surface area contributed by atoms with Crippen molar-refractivity contribution in [1.82, 2.24) is 9.97 Å². The first-order valence-electron chi connectivity index (χ1n) is 6.85. The molecule has 0 saturated heterocycles. The number of aromatic nitrogens is 2. The van der Waals surface area contributed by atoms with Crippen molar-refractivity contribution in [3.05, 3.63) is 51.7 Å². The zero-order valence-corrected chi connectivity index (χ0v) is 13.0. The SMILES string of the molecule is Cc1cc2c(Cl)nc(C3COc4ccccc4C3)nc2s1. The van der Waals surface area contributed by atoms with E-state index in [1.54, 1.807) is 11.3 Å². The number of halogens is 1. The molecule has 21 heavy (non-hydrogen) atoms. The van der Waals surface area contributed by atoms with E-state index in [1.807, 2.05) is 24.3 Å². The van der Waals surface area contributed by atoms with Crippen LogP contribution in [0.15, 0.2) is 30.3 Å². The summed E-state index contributed by atoms with van der Waals surface area (Å²) < 4.78 is 5.83. The number of thiophene rings is 1. The van der Waals surface area contributed by atoms with Crippen LogP contribution in [0.25, 0.3) is 10.2 Å². The highest BCUT2D eigenvalue weighted by Gasteiger charge is 2.24. The van der Waals surface area contributed by atoms with Crippen LogP contribution in [0.1, 0.15) is 22.2 Å². The Balaban J connectivity index is 1.74. The van der Waals surface area contributed by atoms with Gasteiger partial charge in [0, 0.05) is 10.3 Å². The van der Waals surface area contributed by atoms with Gasteiger partial charge in [-0.2, -0.15) is 0 Å². The van der Waals surface area contributed by atoms with Crippen LogP contribution in [0.4, 0.5) is 0 Å². The largest absolute Gasteiger partial charge is 0.493 e. The van der Waals surface area contributed by atoms with Crippen LogP contribution in [0.3, 0.4) is 0 Å². The molecule has 3 aromatic rings. The van der Waals surface area contributed by atoms with Crippen molar-refractivity contribution in [1.29, 1.82) is 0 Å². The molecule has 1 aliphatic rings. The van der Waals surface area contributed by atoms with Crippen molar-refractivity contribution in [3.8, 4) is 5.75 Å². The van der Waals surface area contributed by atoms with Crippen LogP contribution in [-0.2, 0) is 6.42 Å². The molecule has 3 heterocycles. The van der Waals surface area contributed by atoms with Gasteiger partial charge in [-0.3, -0.25) is 0 Å². The lowest BCUT2D eigenvalue weighted by molar-refractivity contribution is 0.258. The van der Waals surface area contributed by atoms with Gasteiger partial charge in [-0.05, 0) is 31.0 Å². The minimum atomic E-state index is 0.157. The summed E-state index contributed by atoms with van der Waals surface area (Å²) in [6, 6.07) is 10.2. The predicted octanol–water partition coefficient (Wildman–Crippen LogP) is 4.37. The normalized spacial score (nSPS) is 17.5. The van der Waals surface area contributed by atoms with E-state index in [9.17, 15) is 0 Å². The van der Waals surface area contributed by atoms with E-state index >= 15 is 0 Å². The standard InChI is InChI=1S/C16H13ClN2OS/c1-9-6-12-14(17)18-15(19-16(12)21-9)11-7-10-4-2-3-5-13(10)20-8-11/h2-6,11H,7-8H2,1H3. The maximum atomic E-state index is 6.31. The van der Waals surface area contributed by atoms with E-state index in [1.165, 1.54) is 10.4 Å². The van der Waals surface area contributed by atoms with Gasteiger partial charge in [-0.1, -0.05) is 29.8 Å². The van der Waals surface area contributed by atoms with Crippen LogP contribution >= 0.6 is 22.9 Å². The maximum absolute atomic E-state index is 6.31. The third kappa shape index (κ3) is 2.28. The second kappa shape index (κ2) is 4.97. The highest BCUT2D eigenvalue weighted by Crippen LogP contribution is 2.34. The molecule has 2 aromatic heterocycles. The smallest absolute Gasteiger partial charge is 0.141 e. The highest BCUT2D eigenvalue weighted by molar-refractivity contribution is 7.18. The fourth-order valence-corrected chi connectivity index (χ4v) is 3.87. The first-order chi connectivity index (χ1) is 10.2. The number of hydrogen-bond acceptors (Lipinski definition) is 4. The molecule has 1 unspecified atom stereocenters. The van der Waals surface area contributed by atoms with Gasteiger partial charge in [0.1, 0.15) is 21.6 Å². The summed E-state index contributed by atoms with van der Waals surface area (Å²) in [5, 5.41) is 1.48. The quantitative estimate of drug-likeness (QED) is 0.625. The van der Waals surface area contributed by atoms with Crippen molar-refractivity contribution in [2.45, 2.75) is 19.3 Å². The molecule has 0 bridgehead atoms. The summed E-state index contributed by atoms with van der Waals surface area (Å²) in [6.07, 6.45) is 0.891. The third-order valence-electron chi connectivity index (χ3n) is 3.73. The highest BCUT2D eigenvalue weighted by atomic mass is 35.5. The number of aryl methyl sites for hydroxylation is 1. The monoisotopic (exact) mass is 316 g/mol. The molecule has 1 aromatic carbocycles. The molecule has 0 spiro atoms. The van der Waals surface area contributed by atoms with E-state index in [0.717, 1.165) is 28.2 Å². The average molecular weight is 317 g/mol. The Morgan fingerprint density at radius 3 is 3.05 bits per heavy atom. The molecule has 4 rings (SSSR count). The van der Waals surface area contributed by atoms with Gasteiger partial charge < -0.3 is 4.74 Å². The second-order valence-corrected chi connectivity index (χ2v) is 6.86. The molecule has 0 fully saturated rings. The Hall–Kier alpha value is -1.65. The Morgan fingerprint density at radius 1 is 1.29 bits per heavy atom. The Bertz CT molecular complexity index is 830. The second-order valence-electron chi connectivity index (χ2n) is 5.27.